The summed E-state index contributed by atoms with van der Waals surface area (Å²) in [6.45, 7) is 2.02. The zero-order valence-corrected chi connectivity index (χ0v) is 14.5. The Bertz CT molecular complexity index is 569. The fourth-order valence-corrected chi connectivity index (χ4v) is 4.66. The number of hydrogen-bond donors (Lipinski definition) is 1. The molecule has 1 amide bonds. The second kappa shape index (κ2) is 7.03. The molecule has 1 saturated heterocycles. The van der Waals surface area contributed by atoms with Gasteiger partial charge in [0.05, 0.1) is 10.9 Å². The summed E-state index contributed by atoms with van der Waals surface area (Å²) < 4.78 is 0.580. The van der Waals surface area contributed by atoms with E-state index in [2.05, 4.69) is 15.9 Å². The quantitative estimate of drug-likeness (QED) is 0.845. The lowest BCUT2D eigenvalue weighted by Gasteiger charge is -2.27. The van der Waals surface area contributed by atoms with Crippen LogP contribution in [0.5, 0.6) is 0 Å². The first-order chi connectivity index (χ1) is 9.95. The highest BCUT2D eigenvalue weighted by molar-refractivity contribution is 9.10. The second-order valence-electron chi connectivity index (χ2n) is 4.77. The lowest BCUT2D eigenvalue weighted by atomic mass is 10.1. The van der Waals surface area contributed by atoms with Crippen molar-refractivity contribution in [3.63, 3.8) is 0 Å². The average Bonchev–Trinajstić information content (AvgIpc) is 2.82. The van der Waals surface area contributed by atoms with Crippen LogP contribution in [0.2, 0.25) is 5.02 Å². The van der Waals surface area contributed by atoms with E-state index in [9.17, 15) is 14.7 Å². The average molecular weight is 393 g/mol. The van der Waals surface area contributed by atoms with Crippen molar-refractivity contribution in [2.45, 2.75) is 31.2 Å². The Morgan fingerprint density at radius 1 is 1.52 bits per heavy atom. The summed E-state index contributed by atoms with van der Waals surface area (Å²) in [6, 6.07) is 4.12. The number of halogens is 2. The third-order valence-electron chi connectivity index (χ3n) is 3.31. The van der Waals surface area contributed by atoms with Crippen molar-refractivity contribution in [3.05, 3.63) is 33.3 Å². The summed E-state index contributed by atoms with van der Waals surface area (Å²) in [5.41, 5.74) is 0.439. The first-order valence-electron chi connectivity index (χ1n) is 6.57. The van der Waals surface area contributed by atoms with Gasteiger partial charge in [-0.1, -0.05) is 24.9 Å². The van der Waals surface area contributed by atoms with E-state index in [-0.39, 0.29) is 11.3 Å². The van der Waals surface area contributed by atoms with E-state index in [1.54, 1.807) is 18.2 Å². The predicted octanol–water partition coefficient (Wildman–Crippen LogP) is 3.87. The van der Waals surface area contributed by atoms with Gasteiger partial charge in [-0.3, -0.25) is 4.79 Å². The smallest absolute Gasteiger partial charge is 0.327 e. The Kier molecular flexibility index (Phi) is 5.57. The minimum atomic E-state index is -0.959. The lowest BCUT2D eigenvalue weighted by molar-refractivity contribution is -0.141. The van der Waals surface area contributed by atoms with Gasteiger partial charge in [0, 0.05) is 15.2 Å². The Balaban J connectivity index is 2.34. The lowest BCUT2D eigenvalue weighted by Crippen LogP contribution is -2.45. The summed E-state index contributed by atoms with van der Waals surface area (Å²) in [4.78, 5) is 25.6. The summed E-state index contributed by atoms with van der Waals surface area (Å²) in [5.74, 6) is -0.800. The van der Waals surface area contributed by atoms with E-state index in [0.29, 0.717) is 20.8 Å². The Hall–Kier alpha value is -0.720. The molecule has 1 aliphatic rings. The predicted molar refractivity (Wildman–Crippen MR) is 87.9 cm³/mol. The third kappa shape index (κ3) is 3.55. The molecule has 0 bridgehead atoms. The zero-order valence-electron chi connectivity index (χ0n) is 11.4. The molecule has 2 atom stereocenters. The van der Waals surface area contributed by atoms with E-state index in [1.807, 2.05) is 6.92 Å². The SMILES string of the molecule is CCCC1SCC(C(=O)O)N1C(=O)c1ccc(Cl)cc1Br. The number of carbonyl (C=O) groups is 2. The number of amides is 1. The van der Waals surface area contributed by atoms with Crippen molar-refractivity contribution in [1.82, 2.24) is 4.90 Å². The molecule has 1 fully saturated rings. The summed E-state index contributed by atoms with van der Waals surface area (Å²) in [5, 5.41) is 9.77. The molecule has 1 aromatic carbocycles. The maximum atomic E-state index is 12.8. The first-order valence-corrected chi connectivity index (χ1v) is 8.79. The van der Waals surface area contributed by atoms with Crippen molar-refractivity contribution in [3.8, 4) is 0 Å². The van der Waals surface area contributed by atoms with Crippen LogP contribution in [0.1, 0.15) is 30.1 Å². The van der Waals surface area contributed by atoms with Crippen LogP contribution in [0.3, 0.4) is 0 Å². The van der Waals surface area contributed by atoms with Gasteiger partial charge in [-0.2, -0.15) is 0 Å². The van der Waals surface area contributed by atoms with Crippen molar-refractivity contribution in [2.24, 2.45) is 0 Å². The van der Waals surface area contributed by atoms with Crippen molar-refractivity contribution in [1.29, 1.82) is 0 Å². The van der Waals surface area contributed by atoms with Crippen LogP contribution in [-0.2, 0) is 4.79 Å². The van der Waals surface area contributed by atoms with Gasteiger partial charge in [0.1, 0.15) is 6.04 Å². The van der Waals surface area contributed by atoms with Crippen LogP contribution in [-0.4, -0.2) is 39.1 Å². The zero-order chi connectivity index (χ0) is 15.6. The van der Waals surface area contributed by atoms with Crippen LogP contribution in [0, 0.1) is 0 Å². The molecule has 1 heterocycles. The maximum absolute atomic E-state index is 12.8. The van der Waals surface area contributed by atoms with Crippen LogP contribution >= 0.6 is 39.3 Å². The summed E-state index contributed by atoms with van der Waals surface area (Å²) in [6.07, 6.45) is 1.68. The Labute approximate surface area is 141 Å². The number of thioether (sulfide) groups is 1. The molecular weight excluding hydrogens is 378 g/mol. The molecule has 1 aliphatic heterocycles. The van der Waals surface area contributed by atoms with Crippen LogP contribution < -0.4 is 0 Å². The summed E-state index contributed by atoms with van der Waals surface area (Å²) >= 11 is 10.7. The van der Waals surface area contributed by atoms with Crippen molar-refractivity contribution >= 4 is 51.2 Å². The third-order valence-corrected chi connectivity index (χ3v) is 5.56. The molecule has 1 aromatic rings. The highest BCUT2D eigenvalue weighted by atomic mass is 79.9. The van der Waals surface area contributed by atoms with Gasteiger partial charge in [-0.25, -0.2) is 4.79 Å². The number of carbonyl (C=O) groups excluding carboxylic acids is 1. The minimum absolute atomic E-state index is 0.0915. The molecule has 0 aliphatic carbocycles. The summed E-state index contributed by atoms with van der Waals surface area (Å²) in [7, 11) is 0. The number of carboxylic acid groups (broad SMARTS) is 1. The van der Waals surface area contributed by atoms with E-state index in [1.165, 1.54) is 16.7 Å². The number of rotatable bonds is 4. The molecule has 0 aromatic heterocycles. The van der Waals surface area contributed by atoms with Gasteiger partial charge in [-0.15, -0.1) is 11.8 Å². The number of aliphatic carboxylic acids is 1. The molecule has 4 nitrogen and oxygen atoms in total. The van der Waals surface area contributed by atoms with Crippen molar-refractivity contribution < 1.29 is 14.7 Å². The number of benzene rings is 1. The van der Waals surface area contributed by atoms with Gasteiger partial charge in [0.25, 0.3) is 5.91 Å². The van der Waals surface area contributed by atoms with E-state index in [0.717, 1.165) is 12.8 Å². The topological polar surface area (TPSA) is 57.6 Å². The highest BCUT2D eigenvalue weighted by Crippen LogP contribution is 2.35. The number of carboxylic acids is 1. The maximum Gasteiger partial charge on any atom is 0.327 e. The molecule has 114 valence electrons. The van der Waals surface area contributed by atoms with E-state index >= 15 is 0 Å². The fourth-order valence-electron chi connectivity index (χ4n) is 2.30. The number of nitrogens with zero attached hydrogens (tertiary/aromatic N) is 1. The van der Waals surface area contributed by atoms with Gasteiger partial charge < -0.3 is 10.0 Å². The van der Waals surface area contributed by atoms with Gasteiger partial charge >= 0.3 is 5.97 Å². The highest BCUT2D eigenvalue weighted by Gasteiger charge is 2.41. The molecule has 2 rings (SSSR count). The molecule has 7 heteroatoms. The molecule has 0 saturated carbocycles. The molecular formula is C14H15BrClNO3S. The molecule has 1 N–H and O–H groups in total. The standard InChI is InChI=1S/C14H15BrClNO3S/c1-2-3-12-17(11(7-21-12)14(19)20)13(18)9-5-4-8(16)6-10(9)15/h4-6,11-12H,2-3,7H2,1H3,(H,19,20). The molecule has 0 spiro atoms. The van der Waals surface area contributed by atoms with E-state index < -0.39 is 12.0 Å². The van der Waals surface area contributed by atoms with Crippen LogP contribution in [0.25, 0.3) is 0 Å². The van der Waals surface area contributed by atoms with E-state index in [4.69, 9.17) is 11.6 Å². The van der Waals surface area contributed by atoms with Gasteiger partial charge in [-0.05, 0) is 40.5 Å². The van der Waals surface area contributed by atoms with Crippen LogP contribution in [0.4, 0.5) is 0 Å². The van der Waals surface area contributed by atoms with Gasteiger partial charge in [0.15, 0.2) is 0 Å². The molecule has 21 heavy (non-hydrogen) atoms. The number of hydrogen-bond acceptors (Lipinski definition) is 3. The van der Waals surface area contributed by atoms with Gasteiger partial charge in [0.2, 0.25) is 0 Å². The second-order valence-corrected chi connectivity index (χ2v) is 7.27. The first kappa shape index (κ1) is 16.6. The Morgan fingerprint density at radius 3 is 2.81 bits per heavy atom. The largest absolute Gasteiger partial charge is 0.480 e. The fraction of sp³-hybridized carbons (Fsp3) is 0.429. The minimum Gasteiger partial charge on any atom is -0.480 e. The Morgan fingerprint density at radius 2 is 2.24 bits per heavy atom. The van der Waals surface area contributed by atoms with Crippen molar-refractivity contribution in [2.75, 3.05) is 5.75 Å². The normalized spacial score (nSPS) is 21.6. The van der Waals surface area contributed by atoms with Crippen LogP contribution in [0.15, 0.2) is 22.7 Å². The molecule has 0 radical (unpaired) electrons. The molecule has 2 unspecified atom stereocenters. The monoisotopic (exact) mass is 391 g/mol.